The molecule has 4 heteroatoms. The third kappa shape index (κ3) is 3.80. The van der Waals surface area contributed by atoms with Crippen molar-refractivity contribution in [1.29, 1.82) is 0 Å². The molecule has 1 amide bonds. The minimum atomic E-state index is -0.685. The van der Waals surface area contributed by atoms with Crippen LogP contribution in [0.4, 0.5) is 0 Å². The summed E-state index contributed by atoms with van der Waals surface area (Å²) in [4.78, 5) is 15.6. The van der Waals surface area contributed by atoms with E-state index in [-0.39, 0.29) is 17.0 Å². The SMILES string of the molecule is CCCCN1C(=O)C2(CC(C)(C)NC(C)(C)C2)OC1(C)CC(C)C. The first-order chi connectivity index (χ1) is 10.8. The zero-order valence-electron chi connectivity index (χ0n) is 17.1. The van der Waals surface area contributed by atoms with Crippen molar-refractivity contribution in [3.05, 3.63) is 0 Å². The maximum Gasteiger partial charge on any atom is 0.257 e. The molecule has 0 aliphatic carbocycles. The molecule has 2 saturated heterocycles. The van der Waals surface area contributed by atoms with E-state index in [1.807, 2.05) is 4.90 Å². The Labute approximate surface area is 148 Å². The summed E-state index contributed by atoms with van der Waals surface area (Å²) in [6.07, 6.45) is 4.48. The van der Waals surface area contributed by atoms with Crippen LogP contribution in [0.2, 0.25) is 0 Å². The number of ether oxygens (including phenoxy) is 1. The van der Waals surface area contributed by atoms with Gasteiger partial charge in [-0.3, -0.25) is 4.79 Å². The quantitative estimate of drug-likeness (QED) is 0.821. The van der Waals surface area contributed by atoms with Gasteiger partial charge in [-0.25, -0.2) is 0 Å². The van der Waals surface area contributed by atoms with Gasteiger partial charge < -0.3 is 15.0 Å². The number of nitrogens with one attached hydrogen (secondary N) is 1. The lowest BCUT2D eigenvalue weighted by atomic mass is 9.72. The van der Waals surface area contributed by atoms with Crippen molar-refractivity contribution in [2.24, 2.45) is 5.92 Å². The monoisotopic (exact) mass is 338 g/mol. The fourth-order valence-corrected chi connectivity index (χ4v) is 5.26. The Hall–Kier alpha value is -0.610. The van der Waals surface area contributed by atoms with E-state index in [4.69, 9.17) is 4.74 Å². The van der Waals surface area contributed by atoms with Crippen molar-refractivity contribution in [3.8, 4) is 0 Å². The van der Waals surface area contributed by atoms with Crippen LogP contribution < -0.4 is 5.32 Å². The maximum absolute atomic E-state index is 13.5. The fourth-order valence-electron chi connectivity index (χ4n) is 5.26. The molecule has 1 spiro atoms. The maximum atomic E-state index is 13.5. The Kier molecular flexibility index (Phi) is 5.16. The third-order valence-electron chi connectivity index (χ3n) is 5.28. The molecule has 0 aromatic carbocycles. The van der Waals surface area contributed by atoms with Gasteiger partial charge >= 0.3 is 0 Å². The number of unbranched alkanes of at least 4 members (excludes halogenated alkanes) is 1. The minimum Gasteiger partial charge on any atom is -0.339 e. The van der Waals surface area contributed by atoms with Gasteiger partial charge in [-0.05, 0) is 53.4 Å². The van der Waals surface area contributed by atoms with Gasteiger partial charge in [-0.1, -0.05) is 27.2 Å². The van der Waals surface area contributed by atoms with E-state index < -0.39 is 11.3 Å². The molecular formula is C20H38N2O2. The Morgan fingerprint density at radius 3 is 2.12 bits per heavy atom. The number of hydrogen-bond acceptors (Lipinski definition) is 3. The molecule has 0 radical (unpaired) electrons. The second kappa shape index (κ2) is 6.28. The van der Waals surface area contributed by atoms with E-state index in [1.54, 1.807) is 0 Å². The lowest BCUT2D eigenvalue weighted by Gasteiger charge is -2.50. The molecule has 140 valence electrons. The van der Waals surface area contributed by atoms with Crippen LogP contribution in [0.15, 0.2) is 0 Å². The number of carbonyl (C=O) groups is 1. The Morgan fingerprint density at radius 2 is 1.67 bits per heavy atom. The lowest BCUT2D eigenvalue weighted by molar-refractivity contribution is -0.168. The fraction of sp³-hybridized carbons (Fsp3) is 0.950. The van der Waals surface area contributed by atoms with Crippen LogP contribution in [-0.4, -0.2) is 39.8 Å². The molecule has 4 nitrogen and oxygen atoms in total. The van der Waals surface area contributed by atoms with Gasteiger partial charge in [0.25, 0.3) is 5.91 Å². The van der Waals surface area contributed by atoms with Crippen molar-refractivity contribution in [2.45, 2.75) is 110 Å². The standard InChI is InChI=1S/C20H38N2O2/c1-9-10-11-22-16(23)20(24-19(22,8)12-15(2)3)13-17(4,5)21-18(6,7)14-20/h15,21H,9-14H2,1-8H3. The number of piperidine rings is 1. The van der Waals surface area contributed by atoms with Crippen molar-refractivity contribution < 1.29 is 9.53 Å². The summed E-state index contributed by atoms with van der Waals surface area (Å²) in [5, 5.41) is 3.68. The van der Waals surface area contributed by atoms with Crippen LogP contribution in [-0.2, 0) is 9.53 Å². The molecule has 0 aromatic heterocycles. The van der Waals surface area contributed by atoms with E-state index in [1.165, 1.54) is 0 Å². The highest BCUT2D eigenvalue weighted by Crippen LogP contribution is 2.49. The Balaban J connectivity index is 2.39. The minimum absolute atomic E-state index is 0.114. The second-order valence-electron chi connectivity index (χ2n) is 9.93. The first-order valence-electron chi connectivity index (χ1n) is 9.66. The zero-order chi connectivity index (χ0) is 18.4. The van der Waals surface area contributed by atoms with Gasteiger partial charge in [0.2, 0.25) is 0 Å². The molecule has 2 fully saturated rings. The summed E-state index contributed by atoms with van der Waals surface area (Å²) >= 11 is 0. The number of nitrogens with zero attached hydrogens (tertiary/aromatic N) is 1. The van der Waals surface area contributed by atoms with Crippen LogP contribution in [0.3, 0.4) is 0 Å². The zero-order valence-corrected chi connectivity index (χ0v) is 17.1. The van der Waals surface area contributed by atoms with Crippen LogP contribution >= 0.6 is 0 Å². The van der Waals surface area contributed by atoms with Gasteiger partial charge in [0.15, 0.2) is 5.60 Å². The van der Waals surface area contributed by atoms with Gasteiger partial charge in [0.1, 0.15) is 5.72 Å². The van der Waals surface area contributed by atoms with E-state index in [0.717, 1.165) is 38.6 Å². The molecule has 2 rings (SSSR count). The third-order valence-corrected chi connectivity index (χ3v) is 5.28. The van der Waals surface area contributed by atoms with Gasteiger partial charge in [-0.2, -0.15) is 0 Å². The number of carbonyl (C=O) groups excluding carboxylic acids is 1. The molecule has 1 unspecified atom stereocenters. The summed E-state index contributed by atoms with van der Waals surface area (Å²) in [5.41, 5.74) is -1.40. The molecule has 1 N–H and O–H groups in total. The predicted octanol–water partition coefficient (Wildman–Crippen LogP) is 4.09. The highest BCUT2D eigenvalue weighted by molar-refractivity contribution is 5.88. The summed E-state index contributed by atoms with van der Waals surface area (Å²) in [5.74, 6) is 0.701. The van der Waals surface area contributed by atoms with E-state index in [2.05, 4.69) is 60.7 Å². The number of amides is 1. The van der Waals surface area contributed by atoms with Crippen LogP contribution in [0.5, 0.6) is 0 Å². The largest absolute Gasteiger partial charge is 0.339 e. The lowest BCUT2D eigenvalue weighted by Crippen LogP contribution is -2.65. The van der Waals surface area contributed by atoms with Gasteiger partial charge in [0, 0.05) is 30.5 Å². The van der Waals surface area contributed by atoms with Crippen molar-refractivity contribution >= 4 is 5.91 Å². The molecule has 2 aliphatic rings. The summed E-state index contributed by atoms with van der Waals surface area (Å²) in [6.45, 7) is 18.2. The van der Waals surface area contributed by atoms with Gasteiger partial charge in [0.05, 0.1) is 0 Å². The topological polar surface area (TPSA) is 41.6 Å². The van der Waals surface area contributed by atoms with Gasteiger partial charge in [-0.15, -0.1) is 0 Å². The average Bonchev–Trinajstić information content (AvgIpc) is 2.50. The normalized spacial score (nSPS) is 31.2. The summed E-state index contributed by atoms with van der Waals surface area (Å²) < 4.78 is 6.72. The van der Waals surface area contributed by atoms with E-state index in [0.29, 0.717) is 5.92 Å². The molecule has 0 saturated carbocycles. The molecule has 2 aliphatic heterocycles. The molecule has 2 heterocycles. The van der Waals surface area contributed by atoms with E-state index in [9.17, 15) is 4.79 Å². The molecule has 0 bridgehead atoms. The average molecular weight is 339 g/mol. The smallest absolute Gasteiger partial charge is 0.257 e. The Morgan fingerprint density at radius 1 is 1.12 bits per heavy atom. The first-order valence-corrected chi connectivity index (χ1v) is 9.66. The van der Waals surface area contributed by atoms with Crippen molar-refractivity contribution in [1.82, 2.24) is 10.2 Å². The predicted molar refractivity (Wildman–Crippen MR) is 98.8 cm³/mol. The second-order valence-corrected chi connectivity index (χ2v) is 9.93. The molecule has 0 aromatic rings. The van der Waals surface area contributed by atoms with Crippen LogP contribution in [0, 0.1) is 5.92 Å². The van der Waals surface area contributed by atoms with E-state index >= 15 is 0 Å². The first kappa shape index (κ1) is 19.7. The van der Waals surface area contributed by atoms with Crippen LogP contribution in [0.25, 0.3) is 0 Å². The summed E-state index contributed by atoms with van der Waals surface area (Å²) in [7, 11) is 0. The highest BCUT2D eigenvalue weighted by Gasteiger charge is 2.63. The number of rotatable bonds is 5. The highest BCUT2D eigenvalue weighted by atomic mass is 16.6. The molecule has 1 atom stereocenters. The summed E-state index contributed by atoms with van der Waals surface area (Å²) in [6, 6.07) is 0. The molecule has 24 heavy (non-hydrogen) atoms. The number of hydrogen-bond donors (Lipinski definition) is 1. The van der Waals surface area contributed by atoms with Crippen molar-refractivity contribution in [2.75, 3.05) is 6.54 Å². The van der Waals surface area contributed by atoms with Crippen LogP contribution in [0.1, 0.15) is 87.5 Å². The Bertz CT molecular complexity index is 468. The molecular weight excluding hydrogens is 300 g/mol. The van der Waals surface area contributed by atoms with Crippen molar-refractivity contribution in [3.63, 3.8) is 0 Å².